The third kappa shape index (κ3) is 3.80. The number of carbonyl (C=O) groups is 1. The number of rotatable bonds is 6. The number of fused-ring (bicyclic) bond motifs is 3. The molecule has 0 saturated carbocycles. The molecule has 4 rings (SSSR count). The molecular formula is C21H23N3O3S. The van der Waals surface area contributed by atoms with Gasteiger partial charge in [-0.05, 0) is 49.8 Å². The third-order valence-electron chi connectivity index (χ3n) is 4.86. The molecular weight excluding hydrogens is 374 g/mol. The summed E-state index contributed by atoms with van der Waals surface area (Å²) in [6, 6.07) is 7.36. The summed E-state index contributed by atoms with van der Waals surface area (Å²) in [5, 5.41) is 3.82. The van der Waals surface area contributed by atoms with Gasteiger partial charge in [-0.25, -0.2) is 9.97 Å². The number of carbonyl (C=O) groups excluding carboxylic acids is 1. The van der Waals surface area contributed by atoms with E-state index in [1.54, 1.807) is 11.3 Å². The maximum absolute atomic E-state index is 12.4. The monoisotopic (exact) mass is 397 g/mol. The molecule has 1 atom stereocenters. The number of ether oxygens (including phenoxy) is 2. The second kappa shape index (κ2) is 8.14. The fourth-order valence-corrected chi connectivity index (χ4v) is 4.87. The predicted octanol–water partition coefficient (Wildman–Crippen LogP) is 4.23. The zero-order valence-electron chi connectivity index (χ0n) is 16.0. The molecule has 1 amide bonds. The highest BCUT2D eigenvalue weighted by atomic mass is 32.1. The second-order valence-electron chi connectivity index (χ2n) is 6.98. The largest absolute Gasteiger partial charge is 0.492 e. The Labute approximate surface area is 167 Å². The maximum atomic E-state index is 12.4. The van der Waals surface area contributed by atoms with E-state index in [4.69, 9.17) is 9.47 Å². The van der Waals surface area contributed by atoms with Gasteiger partial charge in [0.1, 0.15) is 16.9 Å². The van der Waals surface area contributed by atoms with Gasteiger partial charge >= 0.3 is 0 Å². The van der Waals surface area contributed by atoms with Crippen LogP contribution in [0.2, 0.25) is 0 Å². The number of thiophene rings is 1. The quantitative estimate of drug-likeness (QED) is 0.674. The van der Waals surface area contributed by atoms with Crippen LogP contribution in [0.5, 0.6) is 11.6 Å². The van der Waals surface area contributed by atoms with E-state index in [2.05, 4.69) is 22.2 Å². The first kappa shape index (κ1) is 18.7. The normalized spacial score (nSPS) is 15.9. The van der Waals surface area contributed by atoms with Crippen molar-refractivity contribution in [1.29, 1.82) is 0 Å². The lowest BCUT2D eigenvalue weighted by Gasteiger charge is -2.18. The number of aryl methyl sites for hydroxylation is 1. The molecule has 2 aromatic heterocycles. The van der Waals surface area contributed by atoms with Crippen molar-refractivity contribution in [2.45, 2.75) is 33.1 Å². The van der Waals surface area contributed by atoms with Crippen molar-refractivity contribution in [3.8, 4) is 11.6 Å². The molecule has 3 aromatic rings. The molecule has 28 heavy (non-hydrogen) atoms. The van der Waals surface area contributed by atoms with Gasteiger partial charge in [-0.15, -0.1) is 11.3 Å². The first-order chi connectivity index (χ1) is 13.7. The van der Waals surface area contributed by atoms with E-state index in [0.717, 1.165) is 29.5 Å². The number of nitrogens with one attached hydrogen (secondary N) is 1. The lowest BCUT2D eigenvalue weighted by molar-refractivity contribution is -0.118. The molecule has 1 aromatic carbocycles. The smallest absolute Gasteiger partial charge is 0.262 e. The van der Waals surface area contributed by atoms with E-state index in [1.165, 1.54) is 16.8 Å². The molecule has 1 unspecified atom stereocenters. The van der Waals surface area contributed by atoms with Crippen LogP contribution in [-0.4, -0.2) is 29.1 Å². The number of aromatic nitrogens is 2. The van der Waals surface area contributed by atoms with Gasteiger partial charge in [-0.2, -0.15) is 0 Å². The van der Waals surface area contributed by atoms with Gasteiger partial charge in [-0.3, -0.25) is 4.79 Å². The molecule has 146 valence electrons. The Morgan fingerprint density at radius 2 is 2.14 bits per heavy atom. The van der Waals surface area contributed by atoms with E-state index in [1.807, 2.05) is 31.2 Å². The highest BCUT2D eigenvalue weighted by Crippen LogP contribution is 2.40. The van der Waals surface area contributed by atoms with Crippen molar-refractivity contribution < 1.29 is 14.3 Å². The van der Waals surface area contributed by atoms with Crippen LogP contribution < -0.4 is 14.8 Å². The highest BCUT2D eigenvalue weighted by Gasteiger charge is 2.24. The molecule has 0 saturated heterocycles. The van der Waals surface area contributed by atoms with Gasteiger partial charge < -0.3 is 14.8 Å². The molecule has 1 N–H and O–H groups in total. The summed E-state index contributed by atoms with van der Waals surface area (Å²) in [7, 11) is 0. The Morgan fingerprint density at radius 1 is 1.29 bits per heavy atom. The summed E-state index contributed by atoms with van der Waals surface area (Å²) >= 11 is 1.71. The maximum Gasteiger partial charge on any atom is 0.262 e. The zero-order valence-corrected chi connectivity index (χ0v) is 16.8. The van der Waals surface area contributed by atoms with Crippen molar-refractivity contribution in [3.05, 3.63) is 41.0 Å². The van der Waals surface area contributed by atoms with Gasteiger partial charge in [0.25, 0.3) is 5.91 Å². The lowest BCUT2D eigenvalue weighted by Crippen LogP contribution is -2.21. The average molecular weight is 398 g/mol. The summed E-state index contributed by atoms with van der Waals surface area (Å²) in [5.74, 6) is 1.57. The summed E-state index contributed by atoms with van der Waals surface area (Å²) in [6.45, 7) is 4.60. The van der Waals surface area contributed by atoms with E-state index in [0.29, 0.717) is 29.8 Å². The van der Waals surface area contributed by atoms with Crippen LogP contribution in [0.4, 0.5) is 5.69 Å². The molecule has 0 bridgehead atoms. The number of nitrogens with zero attached hydrogens (tertiary/aromatic N) is 2. The van der Waals surface area contributed by atoms with Crippen LogP contribution in [-0.2, 0) is 17.6 Å². The van der Waals surface area contributed by atoms with Crippen molar-refractivity contribution in [3.63, 3.8) is 0 Å². The second-order valence-corrected chi connectivity index (χ2v) is 8.06. The Balaban J connectivity index is 1.49. The van der Waals surface area contributed by atoms with E-state index >= 15 is 0 Å². The molecule has 0 aliphatic heterocycles. The molecule has 7 heteroatoms. The Morgan fingerprint density at radius 3 is 3.00 bits per heavy atom. The van der Waals surface area contributed by atoms with Gasteiger partial charge in [-0.1, -0.05) is 19.1 Å². The van der Waals surface area contributed by atoms with E-state index in [9.17, 15) is 4.79 Å². The van der Waals surface area contributed by atoms with Crippen molar-refractivity contribution in [1.82, 2.24) is 9.97 Å². The standard InChI is InChI=1S/C21H23N3O3S/c1-3-26-16-7-5-4-6-15(16)24-18(25)11-27-20-19-14-9-8-13(2)10-17(14)28-21(19)23-12-22-20/h4-7,12-13H,3,8-11H2,1-2H3,(H,24,25). The van der Waals surface area contributed by atoms with Crippen LogP contribution in [0, 0.1) is 5.92 Å². The molecule has 2 heterocycles. The minimum absolute atomic E-state index is 0.117. The first-order valence-electron chi connectivity index (χ1n) is 9.55. The van der Waals surface area contributed by atoms with E-state index in [-0.39, 0.29) is 12.5 Å². The number of para-hydroxylation sites is 2. The number of benzene rings is 1. The molecule has 0 fully saturated rings. The number of hydrogen-bond donors (Lipinski definition) is 1. The Bertz CT molecular complexity index is 1000. The minimum Gasteiger partial charge on any atom is -0.492 e. The summed E-state index contributed by atoms with van der Waals surface area (Å²) in [5.41, 5.74) is 1.92. The van der Waals surface area contributed by atoms with Crippen LogP contribution >= 0.6 is 11.3 Å². The topological polar surface area (TPSA) is 73.3 Å². The molecule has 6 nitrogen and oxygen atoms in total. The fourth-order valence-electron chi connectivity index (χ4n) is 3.53. The molecule has 1 aliphatic carbocycles. The average Bonchev–Trinajstić information content (AvgIpc) is 3.06. The van der Waals surface area contributed by atoms with Crippen molar-refractivity contribution in [2.75, 3.05) is 18.5 Å². The molecule has 1 aliphatic rings. The van der Waals surface area contributed by atoms with Gasteiger partial charge in [0.2, 0.25) is 5.88 Å². The highest BCUT2D eigenvalue weighted by molar-refractivity contribution is 7.18. The first-order valence-corrected chi connectivity index (χ1v) is 10.4. The van der Waals surface area contributed by atoms with Gasteiger partial charge in [0.15, 0.2) is 6.61 Å². The summed E-state index contributed by atoms with van der Waals surface area (Å²) < 4.78 is 11.4. The van der Waals surface area contributed by atoms with Gasteiger partial charge in [0.05, 0.1) is 17.7 Å². The Hall–Kier alpha value is -2.67. The van der Waals surface area contributed by atoms with Crippen molar-refractivity contribution in [2.24, 2.45) is 5.92 Å². The minimum atomic E-state index is -0.253. The van der Waals surface area contributed by atoms with E-state index < -0.39 is 0 Å². The van der Waals surface area contributed by atoms with Crippen LogP contribution in [0.3, 0.4) is 0 Å². The fraction of sp³-hybridized carbons (Fsp3) is 0.381. The molecule has 0 spiro atoms. The zero-order chi connectivity index (χ0) is 19.5. The predicted molar refractivity (Wildman–Crippen MR) is 110 cm³/mol. The van der Waals surface area contributed by atoms with Crippen LogP contribution in [0.15, 0.2) is 30.6 Å². The number of anilines is 1. The summed E-state index contributed by atoms with van der Waals surface area (Å²) in [4.78, 5) is 23.4. The number of amides is 1. The van der Waals surface area contributed by atoms with Gasteiger partial charge in [0, 0.05) is 4.88 Å². The lowest BCUT2D eigenvalue weighted by atomic mass is 9.89. The van der Waals surface area contributed by atoms with Crippen molar-refractivity contribution >= 4 is 33.1 Å². The Kier molecular flexibility index (Phi) is 5.43. The van der Waals surface area contributed by atoms with Crippen LogP contribution in [0.1, 0.15) is 30.7 Å². The molecule has 0 radical (unpaired) electrons. The SMILES string of the molecule is CCOc1ccccc1NC(=O)COc1ncnc2sc3c(c12)CCC(C)C3. The third-order valence-corrected chi connectivity index (χ3v) is 6.02. The van der Waals surface area contributed by atoms with Crippen LogP contribution in [0.25, 0.3) is 10.2 Å². The summed E-state index contributed by atoms with van der Waals surface area (Å²) in [6.07, 6.45) is 4.74. The number of hydrogen-bond acceptors (Lipinski definition) is 6.